The first kappa shape index (κ1) is 19.3. The molecule has 0 aromatic heterocycles. The van der Waals surface area contributed by atoms with Crippen LogP contribution < -0.4 is 14.8 Å². The maximum atomic E-state index is 12.5. The number of ether oxygens (including phenoxy) is 2. The van der Waals surface area contributed by atoms with Crippen molar-refractivity contribution in [1.29, 1.82) is 0 Å². The van der Waals surface area contributed by atoms with Crippen molar-refractivity contribution in [2.24, 2.45) is 0 Å². The molecule has 4 heteroatoms. The number of aryl methyl sites for hydroxylation is 1. The molecule has 0 aliphatic carbocycles. The van der Waals surface area contributed by atoms with Crippen LogP contribution in [0.4, 0.5) is 5.69 Å². The van der Waals surface area contributed by atoms with Crippen LogP contribution in [0, 0.1) is 6.92 Å². The van der Waals surface area contributed by atoms with E-state index in [2.05, 4.69) is 5.32 Å². The molecule has 4 aromatic rings. The maximum Gasteiger partial charge on any atom is 0.255 e. The van der Waals surface area contributed by atoms with Gasteiger partial charge in [0.05, 0.1) is 0 Å². The molecule has 4 aromatic carbocycles. The number of anilines is 1. The van der Waals surface area contributed by atoms with Gasteiger partial charge in [0.2, 0.25) is 0 Å². The third-order valence-electron chi connectivity index (χ3n) is 4.46. The van der Waals surface area contributed by atoms with E-state index in [0.717, 1.165) is 11.5 Å². The largest absolute Gasteiger partial charge is 0.457 e. The van der Waals surface area contributed by atoms with Crippen LogP contribution in [0.5, 0.6) is 23.0 Å². The van der Waals surface area contributed by atoms with Crippen molar-refractivity contribution in [3.63, 3.8) is 0 Å². The smallest absolute Gasteiger partial charge is 0.255 e. The van der Waals surface area contributed by atoms with Gasteiger partial charge in [0.1, 0.15) is 23.0 Å². The lowest BCUT2D eigenvalue weighted by Crippen LogP contribution is -2.11. The monoisotopic (exact) mass is 395 g/mol. The normalized spacial score (nSPS) is 10.3. The fraction of sp³-hybridized carbons (Fsp3) is 0.0385. The SMILES string of the molecule is Cc1ccc(Oc2ccc(C(=O)Nc3ccc(Oc4ccccc4)cc3)cc2)cc1. The second kappa shape index (κ2) is 8.97. The Balaban J connectivity index is 1.35. The number of carbonyl (C=O) groups excluding carboxylic acids is 1. The third-order valence-corrected chi connectivity index (χ3v) is 4.46. The minimum absolute atomic E-state index is 0.186. The summed E-state index contributed by atoms with van der Waals surface area (Å²) >= 11 is 0. The summed E-state index contributed by atoms with van der Waals surface area (Å²) < 4.78 is 11.6. The van der Waals surface area contributed by atoms with Crippen molar-refractivity contribution in [2.45, 2.75) is 6.92 Å². The Bertz CT molecular complexity index is 1100. The minimum atomic E-state index is -0.186. The van der Waals surface area contributed by atoms with Crippen LogP contribution in [-0.4, -0.2) is 5.91 Å². The number of rotatable bonds is 6. The van der Waals surface area contributed by atoms with E-state index in [1.165, 1.54) is 5.56 Å². The number of carbonyl (C=O) groups is 1. The van der Waals surface area contributed by atoms with Gasteiger partial charge >= 0.3 is 0 Å². The van der Waals surface area contributed by atoms with E-state index in [4.69, 9.17) is 9.47 Å². The molecular formula is C26H21NO3. The number of amides is 1. The number of nitrogens with one attached hydrogen (secondary N) is 1. The van der Waals surface area contributed by atoms with Gasteiger partial charge in [-0.3, -0.25) is 4.79 Å². The number of hydrogen-bond donors (Lipinski definition) is 1. The molecule has 0 aliphatic rings. The molecule has 0 bridgehead atoms. The Morgan fingerprint density at radius 2 is 1.07 bits per heavy atom. The molecule has 0 aliphatic heterocycles. The lowest BCUT2D eigenvalue weighted by atomic mass is 10.2. The lowest BCUT2D eigenvalue weighted by molar-refractivity contribution is 0.102. The van der Waals surface area contributed by atoms with E-state index in [1.807, 2.05) is 85.8 Å². The van der Waals surface area contributed by atoms with Crippen LogP contribution in [-0.2, 0) is 0 Å². The summed E-state index contributed by atoms with van der Waals surface area (Å²) in [6.07, 6.45) is 0. The molecule has 0 saturated carbocycles. The molecule has 148 valence electrons. The van der Waals surface area contributed by atoms with E-state index in [9.17, 15) is 4.79 Å². The summed E-state index contributed by atoms with van der Waals surface area (Å²) in [4.78, 5) is 12.5. The fourth-order valence-corrected chi connectivity index (χ4v) is 2.85. The average Bonchev–Trinajstić information content (AvgIpc) is 2.78. The zero-order valence-corrected chi connectivity index (χ0v) is 16.5. The number of hydrogen-bond acceptors (Lipinski definition) is 3. The minimum Gasteiger partial charge on any atom is -0.457 e. The molecule has 0 heterocycles. The fourth-order valence-electron chi connectivity index (χ4n) is 2.85. The standard InChI is InChI=1S/C26H21NO3/c1-19-7-13-23(14-8-19)30-24-15-9-20(10-16-24)26(28)27-21-11-17-25(18-12-21)29-22-5-3-2-4-6-22/h2-18H,1H3,(H,27,28). The highest BCUT2D eigenvalue weighted by molar-refractivity contribution is 6.04. The highest BCUT2D eigenvalue weighted by Gasteiger charge is 2.07. The Labute approximate surface area is 175 Å². The summed E-state index contributed by atoms with van der Waals surface area (Å²) in [5.41, 5.74) is 2.42. The highest BCUT2D eigenvalue weighted by Crippen LogP contribution is 2.24. The van der Waals surface area contributed by atoms with Gasteiger partial charge in [-0.05, 0) is 79.7 Å². The maximum absolute atomic E-state index is 12.5. The molecule has 0 spiro atoms. The molecular weight excluding hydrogens is 374 g/mol. The van der Waals surface area contributed by atoms with Gasteiger partial charge in [-0.25, -0.2) is 0 Å². The molecule has 30 heavy (non-hydrogen) atoms. The van der Waals surface area contributed by atoms with Crippen LogP contribution in [0.25, 0.3) is 0 Å². The molecule has 0 atom stereocenters. The summed E-state index contributed by atoms with van der Waals surface area (Å²) in [6, 6.07) is 31.7. The summed E-state index contributed by atoms with van der Waals surface area (Å²) in [5.74, 6) is 2.72. The van der Waals surface area contributed by atoms with Crippen molar-refractivity contribution in [3.8, 4) is 23.0 Å². The van der Waals surface area contributed by atoms with Crippen molar-refractivity contribution in [1.82, 2.24) is 0 Å². The van der Waals surface area contributed by atoms with Gasteiger partial charge in [0.25, 0.3) is 5.91 Å². The average molecular weight is 395 g/mol. The molecule has 1 amide bonds. The van der Waals surface area contributed by atoms with Crippen molar-refractivity contribution in [2.75, 3.05) is 5.32 Å². The van der Waals surface area contributed by atoms with Crippen molar-refractivity contribution in [3.05, 3.63) is 114 Å². The summed E-state index contributed by atoms with van der Waals surface area (Å²) in [6.45, 7) is 2.03. The Morgan fingerprint density at radius 3 is 1.63 bits per heavy atom. The van der Waals surface area contributed by atoms with Crippen LogP contribution in [0.15, 0.2) is 103 Å². The first-order valence-corrected chi connectivity index (χ1v) is 9.65. The van der Waals surface area contributed by atoms with E-state index in [0.29, 0.717) is 22.7 Å². The van der Waals surface area contributed by atoms with Crippen molar-refractivity contribution >= 4 is 11.6 Å². The van der Waals surface area contributed by atoms with Gasteiger partial charge < -0.3 is 14.8 Å². The Hall–Kier alpha value is -4.05. The van der Waals surface area contributed by atoms with Gasteiger partial charge in [0, 0.05) is 11.3 Å². The van der Waals surface area contributed by atoms with Crippen LogP contribution >= 0.6 is 0 Å². The second-order valence-electron chi connectivity index (χ2n) is 6.83. The van der Waals surface area contributed by atoms with Gasteiger partial charge in [-0.1, -0.05) is 35.9 Å². The first-order chi connectivity index (χ1) is 14.7. The molecule has 4 nitrogen and oxygen atoms in total. The topological polar surface area (TPSA) is 47.6 Å². The number of para-hydroxylation sites is 1. The highest BCUT2D eigenvalue weighted by atomic mass is 16.5. The molecule has 0 radical (unpaired) electrons. The zero-order chi connectivity index (χ0) is 20.8. The van der Waals surface area contributed by atoms with Gasteiger partial charge in [-0.15, -0.1) is 0 Å². The van der Waals surface area contributed by atoms with Gasteiger partial charge in [-0.2, -0.15) is 0 Å². The van der Waals surface area contributed by atoms with E-state index >= 15 is 0 Å². The number of benzene rings is 4. The first-order valence-electron chi connectivity index (χ1n) is 9.65. The zero-order valence-electron chi connectivity index (χ0n) is 16.5. The third kappa shape index (κ3) is 5.06. The predicted molar refractivity (Wildman–Crippen MR) is 119 cm³/mol. The molecule has 0 saturated heterocycles. The second-order valence-corrected chi connectivity index (χ2v) is 6.83. The van der Waals surface area contributed by atoms with E-state index in [-0.39, 0.29) is 5.91 Å². The molecule has 1 N–H and O–H groups in total. The summed E-state index contributed by atoms with van der Waals surface area (Å²) in [5, 5.41) is 2.89. The van der Waals surface area contributed by atoms with E-state index < -0.39 is 0 Å². The predicted octanol–water partition coefficient (Wildman–Crippen LogP) is 6.83. The van der Waals surface area contributed by atoms with E-state index in [1.54, 1.807) is 24.3 Å². The van der Waals surface area contributed by atoms with Crippen LogP contribution in [0.3, 0.4) is 0 Å². The molecule has 0 unspecified atom stereocenters. The molecule has 4 rings (SSSR count). The Morgan fingerprint density at radius 1 is 0.600 bits per heavy atom. The quantitative estimate of drug-likeness (QED) is 0.389. The van der Waals surface area contributed by atoms with Gasteiger partial charge in [0.15, 0.2) is 0 Å². The Kier molecular flexibility index (Phi) is 5.76. The van der Waals surface area contributed by atoms with Crippen LogP contribution in [0.2, 0.25) is 0 Å². The lowest BCUT2D eigenvalue weighted by Gasteiger charge is -2.09. The van der Waals surface area contributed by atoms with Crippen LogP contribution in [0.1, 0.15) is 15.9 Å². The molecule has 0 fully saturated rings. The summed E-state index contributed by atoms with van der Waals surface area (Å²) in [7, 11) is 0. The van der Waals surface area contributed by atoms with Crippen molar-refractivity contribution < 1.29 is 14.3 Å².